The predicted octanol–water partition coefficient (Wildman–Crippen LogP) is 5.66. The summed E-state index contributed by atoms with van der Waals surface area (Å²) in [7, 11) is -4.22. The fourth-order valence-corrected chi connectivity index (χ4v) is 5.62. The Bertz CT molecular complexity index is 937. The first-order valence-electron chi connectivity index (χ1n) is 10.8. The number of rotatable bonds is 9. The summed E-state index contributed by atoms with van der Waals surface area (Å²) in [6.07, 6.45) is 3.67. The van der Waals surface area contributed by atoms with Gasteiger partial charge in [-0.25, -0.2) is 13.1 Å². The molecule has 0 radical (unpaired) electrons. The SMILES string of the molecule is COc1cc(C)c(S(=O)(=O)N[C@H](C=C=CC(C)C)CO[Si](C)(C)C(C)(C)C)c(C)c1C. The molecule has 0 fully saturated rings. The van der Waals surface area contributed by atoms with Crippen LogP contribution in [-0.4, -0.2) is 36.5 Å². The monoisotopic (exact) mass is 467 g/mol. The van der Waals surface area contributed by atoms with E-state index in [1.807, 2.05) is 19.9 Å². The minimum absolute atomic E-state index is 0.0359. The molecule has 1 rings (SSSR count). The molecule has 5 nitrogen and oxygen atoms in total. The summed E-state index contributed by atoms with van der Waals surface area (Å²) in [6.45, 7) is 20.7. The second-order valence-corrected chi connectivity index (χ2v) is 16.5. The largest absolute Gasteiger partial charge is 0.496 e. The lowest BCUT2D eigenvalue weighted by molar-refractivity contribution is 0.272. The van der Waals surface area contributed by atoms with Crippen LogP contribution in [0.1, 0.15) is 51.3 Å². The summed E-state index contributed by atoms with van der Waals surface area (Å²) in [6, 6.07) is 1.25. The highest BCUT2D eigenvalue weighted by Crippen LogP contribution is 2.36. The van der Waals surface area contributed by atoms with E-state index in [4.69, 9.17) is 9.16 Å². The van der Waals surface area contributed by atoms with E-state index in [0.717, 1.165) is 5.56 Å². The van der Waals surface area contributed by atoms with Crippen LogP contribution in [0.2, 0.25) is 18.1 Å². The van der Waals surface area contributed by atoms with Crippen molar-refractivity contribution >= 4 is 18.3 Å². The second-order valence-electron chi connectivity index (χ2n) is 10.0. The number of hydrogen-bond acceptors (Lipinski definition) is 4. The minimum Gasteiger partial charge on any atom is -0.496 e. The zero-order valence-electron chi connectivity index (χ0n) is 21.1. The molecule has 1 N–H and O–H groups in total. The Morgan fingerprint density at radius 3 is 2.19 bits per heavy atom. The Kier molecular flexibility index (Phi) is 9.36. The van der Waals surface area contributed by atoms with Crippen LogP contribution in [0, 0.1) is 26.7 Å². The maximum absolute atomic E-state index is 13.4. The molecule has 0 heterocycles. The Morgan fingerprint density at radius 1 is 1.13 bits per heavy atom. The van der Waals surface area contributed by atoms with Gasteiger partial charge in [0.25, 0.3) is 0 Å². The van der Waals surface area contributed by atoms with Gasteiger partial charge in [0.05, 0.1) is 24.7 Å². The standard InChI is InChI=1S/C24H41NO4SSi/c1-17(2)13-12-14-21(16-29-31(10,11)24(6,7)8)25-30(26,27)23-18(3)15-22(28-9)19(4)20(23)5/h13-15,17,21,25H,16H2,1-11H3/t12?,21-/m1/s1. The molecule has 1 atom stereocenters. The van der Waals surface area contributed by atoms with E-state index in [2.05, 4.69) is 58.2 Å². The fraction of sp³-hybridized carbons (Fsp3) is 0.625. The molecule has 0 amide bonds. The summed E-state index contributed by atoms with van der Waals surface area (Å²) in [4.78, 5) is 0.296. The highest BCUT2D eigenvalue weighted by Gasteiger charge is 2.38. The van der Waals surface area contributed by atoms with Crippen LogP contribution in [0.5, 0.6) is 5.75 Å². The van der Waals surface area contributed by atoms with E-state index in [-0.39, 0.29) is 11.6 Å². The lowest BCUT2D eigenvalue weighted by Gasteiger charge is -2.37. The molecule has 0 aliphatic rings. The molecule has 0 bridgehead atoms. The topological polar surface area (TPSA) is 64.6 Å². The number of sulfonamides is 1. The van der Waals surface area contributed by atoms with Gasteiger partial charge in [0.2, 0.25) is 10.0 Å². The number of ether oxygens (including phenoxy) is 1. The molecule has 7 heteroatoms. The van der Waals surface area contributed by atoms with Crippen LogP contribution in [-0.2, 0) is 14.4 Å². The number of aryl methyl sites for hydroxylation is 1. The van der Waals surface area contributed by atoms with Gasteiger partial charge in [-0.15, -0.1) is 5.73 Å². The molecular formula is C24H41NO4SSi. The molecule has 0 aliphatic heterocycles. The third kappa shape index (κ3) is 7.33. The maximum atomic E-state index is 13.4. The van der Waals surface area contributed by atoms with Gasteiger partial charge in [-0.2, -0.15) is 0 Å². The predicted molar refractivity (Wildman–Crippen MR) is 132 cm³/mol. The van der Waals surface area contributed by atoms with Gasteiger partial charge in [0, 0.05) is 0 Å². The molecule has 1 aromatic carbocycles. The van der Waals surface area contributed by atoms with Gasteiger partial charge >= 0.3 is 0 Å². The molecule has 0 saturated heterocycles. The maximum Gasteiger partial charge on any atom is 0.241 e. The van der Waals surface area contributed by atoms with Crippen LogP contribution in [0.4, 0.5) is 0 Å². The van der Waals surface area contributed by atoms with Crippen molar-refractivity contribution in [1.29, 1.82) is 0 Å². The minimum atomic E-state index is -3.78. The van der Waals surface area contributed by atoms with Crippen molar-refractivity contribution in [3.8, 4) is 5.75 Å². The Labute approximate surface area is 191 Å². The zero-order chi connectivity index (χ0) is 24.2. The molecule has 0 aliphatic carbocycles. The lowest BCUT2D eigenvalue weighted by Crippen LogP contribution is -2.45. The summed E-state index contributed by atoms with van der Waals surface area (Å²) < 4.78 is 41.4. The highest BCUT2D eigenvalue weighted by atomic mass is 32.2. The first kappa shape index (κ1) is 27.7. The van der Waals surface area contributed by atoms with Gasteiger partial charge in [0.15, 0.2) is 8.32 Å². The number of methoxy groups -OCH3 is 1. The van der Waals surface area contributed by atoms with Gasteiger partial charge in [-0.3, -0.25) is 0 Å². The van der Waals surface area contributed by atoms with E-state index >= 15 is 0 Å². The van der Waals surface area contributed by atoms with Gasteiger partial charge in [-0.05, 0) is 79.7 Å². The van der Waals surface area contributed by atoms with Gasteiger partial charge in [0.1, 0.15) is 5.75 Å². The van der Waals surface area contributed by atoms with Crippen LogP contribution < -0.4 is 9.46 Å². The Hall–Kier alpha value is -1.37. The van der Waals surface area contributed by atoms with E-state index < -0.39 is 24.4 Å². The first-order valence-corrected chi connectivity index (χ1v) is 15.2. The van der Waals surface area contributed by atoms with Crippen LogP contribution in [0.3, 0.4) is 0 Å². The van der Waals surface area contributed by atoms with Crippen molar-refractivity contribution < 1.29 is 17.6 Å². The first-order chi connectivity index (χ1) is 14.0. The third-order valence-electron chi connectivity index (χ3n) is 5.93. The van der Waals surface area contributed by atoms with Crippen molar-refractivity contribution in [2.45, 2.75) is 84.5 Å². The number of nitrogens with one attached hydrogen (secondary N) is 1. The van der Waals surface area contributed by atoms with E-state index in [0.29, 0.717) is 27.7 Å². The zero-order valence-corrected chi connectivity index (χ0v) is 23.0. The molecule has 0 unspecified atom stereocenters. The van der Waals surface area contributed by atoms with Gasteiger partial charge in [-0.1, -0.05) is 34.6 Å². The highest BCUT2D eigenvalue weighted by molar-refractivity contribution is 7.89. The normalized spacial score (nSPS) is 13.7. The van der Waals surface area contributed by atoms with Crippen molar-refractivity contribution in [1.82, 2.24) is 4.72 Å². The summed E-state index contributed by atoms with van der Waals surface area (Å²) in [5.41, 5.74) is 5.29. The fourth-order valence-electron chi connectivity index (χ4n) is 2.90. The van der Waals surface area contributed by atoms with Crippen LogP contribution in [0.25, 0.3) is 0 Å². The molecule has 31 heavy (non-hydrogen) atoms. The Morgan fingerprint density at radius 2 is 1.71 bits per heavy atom. The van der Waals surface area contributed by atoms with Crippen molar-refractivity contribution in [2.75, 3.05) is 13.7 Å². The quantitative estimate of drug-likeness (QED) is 0.376. The summed E-state index contributed by atoms with van der Waals surface area (Å²) >= 11 is 0. The smallest absolute Gasteiger partial charge is 0.241 e. The summed E-state index contributed by atoms with van der Waals surface area (Å²) in [5, 5.41) is 0.0359. The van der Waals surface area contributed by atoms with E-state index in [1.165, 1.54) is 0 Å². The molecule has 0 aromatic heterocycles. The molecule has 0 saturated carbocycles. The number of benzene rings is 1. The average molecular weight is 468 g/mol. The molecule has 1 aromatic rings. The van der Waals surface area contributed by atoms with Crippen molar-refractivity contribution in [3.05, 3.63) is 40.6 Å². The summed E-state index contributed by atoms with van der Waals surface area (Å²) in [5.74, 6) is 1.01. The average Bonchev–Trinajstić information content (AvgIpc) is 2.61. The molecular weight excluding hydrogens is 426 g/mol. The van der Waals surface area contributed by atoms with E-state index in [1.54, 1.807) is 26.2 Å². The van der Waals surface area contributed by atoms with Crippen molar-refractivity contribution in [3.63, 3.8) is 0 Å². The van der Waals surface area contributed by atoms with Crippen molar-refractivity contribution in [2.24, 2.45) is 5.92 Å². The number of hydrogen-bond donors (Lipinski definition) is 1. The molecule has 0 spiro atoms. The van der Waals surface area contributed by atoms with Gasteiger partial charge < -0.3 is 9.16 Å². The lowest BCUT2D eigenvalue weighted by atomic mass is 10.1. The van der Waals surface area contributed by atoms with Crippen LogP contribution in [0.15, 0.2) is 28.8 Å². The second kappa shape index (κ2) is 10.5. The van der Waals surface area contributed by atoms with Crippen LogP contribution >= 0.6 is 0 Å². The Balaban J connectivity index is 3.33. The molecule has 176 valence electrons. The third-order valence-corrected chi connectivity index (χ3v) is 12.2. The van der Waals surface area contributed by atoms with E-state index in [9.17, 15) is 8.42 Å².